The number of aliphatic hydroxyl groups is 1. The van der Waals surface area contributed by atoms with Crippen LogP contribution in [-0.4, -0.2) is 58.6 Å². The van der Waals surface area contributed by atoms with Gasteiger partial charge in [0, 0.05) is 22.0 Å². The monoisotopic (exact) mass is 596 g/mol. The predicted octanol–water partition coefficient (Wildman–Crippen LogP) is 7.08. The second kappa shape index (κ2) is 13.0. The van der Waals surface area contributed by atoms with Crippen LogP contribution in [0.2, 0.25) is 5.02 Å². The number of ether oxygens (including phenoxy) is 1. The van der Waals surface area contributed by atoms with Gasteiger partial charge in [-0.05, 0) is 93.9 Å². The van der Waals surface area contributed by atoms with Crippen molar-refractivity contribution in [1.29, 1.82) is 0 Å². The number of thioether (sulfide) groups is 1. The summed E-state index contributed by atoms with van der Waals surface area (Å²) in [6, 6.07) is 10.7. The maximum absolute atomic E-state index is 12.9. The zero-order valence-electron chi connectivity index (χ0n) is 22.1. The van der Waals surface area contributed by atoms with Crippen molar-refractivity contribution in [3.8, 4) is 5.75 Å². The Bertz CT molecular complexity index is 1330. The Morgan fingerprint density at radius 1 is 1.23 bits per heavy atom. The van der Waals surface area contributed by atoms with Crippen LogP contribution in [-0.2, 0) is 11.0 Å². The number of methoxy groups -OCH3 is 1. The summed E-state index contributed by atoms with van der Waals surface area (Å²) in [5.41, 5.74) is -0.423. The molecule has 0 aliphatic carbocycles. The van der Waals surface area contributed by atoms with Gasteiger partial charge in [0.15, 0.2) is 0 Å². The van der Waals surface area contributed by atoms with E-state index in [-0.39, 0.29) is 6.42 Å². The van der Waals surface area contributed by atoms with Gasteiger partial charge in [-0.1, -0.05) is 17.7 Å². The van der Waals surface area contributed by atoms with E-state index in [1.54, 1.807) is 31.4 Å². The van der Waals surface area contributed by atoms with Gasteiger partial charge in [0.2, 0.25) is 0 Å². The fourth-order valence-corrected chi connectivity index (χ4v) is 6.38. The van der Waals surface area contributed by atoms with Gasteiger partial charge < -0.3 is 19.8 Å². The molecule has 0 amide bonds. The third kappa shape index (κ3) is 7.21. The molecule has 216 valence electrons. The zero-order chi connectivity index (χ0) is 28.9. The highest BCUT2D eigenvalue weighted by Crippen LogP contribution is 2.41. The molecule has 11 heteroatoms. The lowest BCUT2D eigenvalue weighted by atomic mass is 9.74. The van der Waals surface area contributed by atoms with E-state index < -0.39 is 29.2 Å². The topological polar surface area (TPSA) is 82.9 Å². The van der Waals surface area contributed by atoms with Crippen molar-refractivity contribution in [2.75, 3.05) is 32.5 Å². The Morgan fingerprint density at radius 3 is 2.65 bits per heavy atom. The SMILES string of the molecule is COc1ccc2ncc(Cl)c([C@@H](O)CCC3(C(=O)O)CCN(CCCSc4cccc(C(F)(F)F)c4)CC3)c2c1. The summed E-state index contributed by atoms with van der Waals surface area (Å²) in [6.45, 7) is 1.95. The lowest BCUT2D eigenvalue weighted by Crippen LogP contribution is -2.44. The second-order valence-electron chi connectivity index (χ2n) is 10.1. The quantitative estimate of drug-likeness (QED) is 0.181. The van der Waals surface area contributed by atoms with Crippen LogP contribution < -0.4 is 4.74 Å². The first-order chi connectivity index (χ1) is 19.0. The van der Waals surface area contributed by atoms with E-state index in [0.717, 1.165) is 19.0 Å². The molecule has 2 heterocycles. The number of nitrogens with zero attached hydrogens (tertiary/aromatic N) is 2. The average Bonchev–Trinajstić information content (AvgIpc) is 2.94. The summed E-state index contributed by atoms with van der Waals surface area (Å²) < 4.78 is 44.1. The predicted molar refractivity (Wildman–Crippen MR) is 150 cm³/mol. The number of aliphatic hydroxyl groups excluding tert-OH is 1. The highest BCUT2D eigenvalue weighted by molar-refractivity contribution is 7.99. The first-order valence-corrected chi connectivity index (χ1v) is 14.4. The third-order valence-electron chi connectivity index (χ3n) is 7.61. The molecule has 1 aliphatic rings. The number of aliphatic carboxylic acids is 1. The smallest absolute Gasteiger partial charge is 0.416 e. The summed E-state index contributed by atoms with van der Waals surface area (Å²) in [7, 11) is 1.55. The molecule has 0 bridgehead atoms. The number of halogens is 4. The minimum atomic E-state index is -4.36. The van der Waals surface area contributed by atoms with E-state index >= 15 is 0 Å². The van der Waals surface area contributed by atoms with Crippen molar-refractivity contribution < 1.29 is 32.9 Å². The lowest BCUT2D eigenvalue weighted by Gasteiger charge is -2.39. The van der Waals surface area contributed by atoms with Crippen molar-refractivity contribution in [3.63, 3.8) is 0 Å². The summed E-state index contributed by atoms with van der Waals surface area (Å²) in [6.07, 6.45) is -1.62. The lowest BCUT2D eigenvalue weighted by molar-refractivity contribution is -0.153. The largest absolute Gasteiger partial charge is 0.497 e. The van der Waals surface area contributed by atoms with Gasteiger partial charge in [0.1, 0.15) is 5.75 Å². The standard InChI is InChI=1S/C29H32ClF3N2O4S/c1-39-20-6-7-24-22(17-20)26(23(30)18-34-24)25(36)8-9-28(27(37)38)10-13-35(14-11-28)12-3-15-40-21-5-2-4-19(16-21)29(31,32)33/h2,4-7,16-18,25,36H,3,8-15H2,1H3,(H,37,38)/t25-/m0/s1. The number of benzene rings is 2. The molecule has 0 spiro atoms. The number of hydrogen-bond donors (Lipinski definition) is 2. The second-order valence-corrected chi connectivity index (χ2v) is 11.7. The number of hydrogen-bond acceptors (Lipinski definition) is 6. The molecule has 2 N–H and O–H groups in total. The van der Waals surface area contributed by atoms with Crippen LogP contribution in [0.15, 0.2) is 53.6 Å². The van der Waals surface area contributed by atoms with E-state index in [2.05, 4.69) is 9.88 Å². The molecule has 1 aromatic heterocycles. The van der Waals surface area contributed by atoms with E-state index in [9.17, 15) is 28.2 Å². The Balaban J connectivity index is 1.31. The van der Waals surface area contributed by atoms with Crippen molar-refractivity contribution in [2.45, 2.75) is 49.3 Å². The molecule has 1 aliphatic heterocycles. The number of carboxylic acids is 1. The molecule has 2 aromatic carbocycles. The summed E-state index contributed by atoms with van der Waals surface area (Å²) in [5, 5.41) is 22.2. The zero-order valence-corrected chi connectivity index (χ0v) is 23.7. The van der Waals surface area contributed by atoms with Crippen LogP contribution in [0.25, 0.3) is 10.9 Å². The molecule has 1 saturated heterocycles. The molecule has 4 rings (SSSR count). The molecular formula is C29H32ClF3N2O4S. The van der Waals surface area contributed by atoms with Gasteiger partial charge in [0.05, 0.1) is 34.7 Å². The van der Waals surface area contributed by atoms with Crippen molar-refractivity contribution in [2.24, 2.45) is 5.41 Å². The first kappa shape index (κ1) is 30.4. The fourth-order valence-electron chi connectivity index (χ4n) is 5.21. The Kier molecular flexibility index (Phi) is 9.87. The van der Waals surface area contributed by atoms with E-state index in [1.165, 1.54) is 30.1 Å². The van der Waals surface area contributed by atoms with Gasteiger partial charge in [-0.3, -0.25) is 9.78 Å². The molecule has 3 aromatic rings. The maximum Gasteiger partial charge on any atom is 0.416 e. The average molecular weight is 597 g/mol. The third-order valence-corrected chi connectivity index (χ3v) is 8.99. The number of rotatable bonds is 11. The Morgan fingerprint density at radius 2 is 1.98 bits per heavy atom. The summed E-state index contributed by atoms with van der Waals surface area (Å²) in [5.74, 6) is 0.402. The normalized spacial score (nSPS) is 16.6. The number of alkyl halides is 3. The molecular weight excluding hydrogens is 565 g/mol. The van der Waals surface area contributed by atoms with Crippen molar-refractivity contribution in [1.82, 2.24) is 9.88 Å². The summed E-state index contributed by atoms with van der Waals surface area (Å²) >= 11 is 7.81. The highest BCUT2D eigenvalue weighted by Gasteiger charge is 2.41. The molecule has 40 heavy (non-hydrogen) atoms. The van der Waals surface area contributed by atoms with Gasteiger partial charge >= 0.3 is 12.1 Å². The molecule has 0 radical (unpaired) electrons. The van der Waals surface area contributed by atoms with E-state index in [4.69, 9.17) is 16.3 Å². The fraction of sp³-hybridized carbons (Fsp3) is 0.448. The molecule has 6 nitrogen and oxygen atoms in total. The Labute approximate surface area is 240 Å². The van der Waals surface area contributed by atoms with Crippen molar-refractivity contribution >= 4 is 40.2 Å². The minimum Gasteiger partial charge on any atom is -0.497 e. The number of aromatic nitrogens is 1. The maximum atomic E-state index is 12.9. The van der Waals surface area contributed by atoms with Crippen LogP contribution in [0.3, 0.4) is 0 Å². The highest BCUT2D eigenvalue weighted by atomic mass is 35.5. The van der Waals surface area contributed by atoms with Crippen molar-refractivity contribution in [3.05, 3.63) is 64.8 Å². The van der Waals surface area contributed by atoms with Gasteiger partial charge in [-0.2, -0.15) is 13.2 Å². The van der Waals surface area contributed by atoms with Crippen LogP contribution in [0.5, 0.6) is 5.75 Å². The van der Waals surface area contributed by atoms with E-state index in [0.29, 0.717) is 70.2 Å². The number of carbonyl (C=O) groups is 1. The first-order valence-electron chi connectivity index (χ1n) is 13.1. The van der Waals surface area contributed by atoms with Crippen LogP contribution >= 0.6 is 23.4 Å². The Hall–Kier alpha value is -2.53. The van der Waals surface area contributed by atoms with Crippen LogP contribution in [0, 0.1) is 5.41 Å². The number of fused-ring (bicyclic) bond motifs is 1. The van der Waals surface area contributed by atoms with Crippen LogP contribution in [0.1, 0.15) is 49.3 Å². The van der Waals surface area contributed by atoms with Gasteiger partial charge in [-0.25, -0.2) is 0 Å². The van der Waals surface area contributed by atoms with Gasteiger partial charge in [0.25, 0.3) is 0 Å². The molecule has 1 atom stereocenters. The summed E-state index contributed by atoms with van der Waals surface area (Å²) in [4.78, 5) is 19.5. The number of likely N-dealkylation sites (tertiary alicyclic amines) is 1. The van der Waals surface area contributed by atoms with Crippen LogP contribution in [0.4, 0.5) is 13.2 Å². The van der Waals surface area contributed by atoms with E-state index in [1.807, 2.05) is 0 Å². The molecule has 1 fully saturated rings. The number of carboxylic acid groups (broad SMARTS) is 1. The number of piperidine rings is 1. The number of pyridine rings is 1. The molecule has 0 unspecified atom stereocenters. The van der Waals surface area contributed by atoms with Gasteiger partial charge in [-0.15, -0.1) is 11.8 Å². The minimum absolute atomic E-state index is 0.232. The molecule has 0 saturated carbocycles.